The summed E-state index contributed by atoms with van der Waals surface area (Å²) in [6.07, 6.45) is 4.08. The molecule has 0 spiro atoms. The Balaban J connectivity index is 2.25. The van der Waals surface area contributed by atoms with Crippen LogP contribution in [-0.2, 0) is 14.3 Å². The van der Waals surface area contributed by atoms with E-state index in [2.05, 4.69) is 0 Å². The van der Waals surface area contributed by atoms with Crippen molar-refractivity contribution in [3.63, 3.8) is 0 Å². The largest absolute Gasteiger partial charge is 0.501 e. The van der Waals surface area contributed by atoms with Crippen molar-refractivity contribution in [3.8, 4) is 0 Å². The topological polar surface area (TPSA) is 48.7 Å². The monoisotopic (exact) mass is 222 g/mol. The molecule has 0 saturated heterocycles. The Morgan fingerprint density at radius 2 is 2.31 bits per heavy atom. The molecule has 16 heavy (non-hydrogen) atoms. The third-order valence-corrected chi connectivity index (χ3v) is 2.86. The van der Waals surface area contributed by atoms with Gasteiger partial charge in [-0.3, -0.25) is 4.79 Å². The van der Waals surface area contributed by atoms with Crippen LogP contribution >= 0.6 is 0 Å². The second-order valence-corrected chi connectivity index (χ2v) is 3.71. The highest BCUT2D eigenvalue weighted by atomic mass is 16.5. The molecule has 86 valence electrons. The first kappa shape index (κ1) is 10.8. The molecule has 0 bridgehead atoms. The van der Waals surface area contributed by atoms with Crippen molar-refractivity contribution >= 4 is 5.97 Å². The molecule has 0 saturated carbocycles. The molecule has 4 heteroatoms. The number of allylic oxidation sites excluding steroid dienone is 2. The summed E-state index contributed by atoms with van der Waals surface area (Å²) in [5, 5.41) is 0. The van der Waals surface area contributed by atoms with Crippen LogP contribution in [0.2, 0.25) is 0 Å². The summed E-state index contributed by atoms with van der Waals surface area (Å²) in [7, 11) is 3.00. The Hall–Kier alpha value is -1.71. The maximum Gasteiger partial charge on any atom is 0.310 e. The molecular formula is C12H14O4. The van der Waals surface area contributed by atoms with Gasteiger partial charge in [-0.2, -0.15) is 0 Å². The summed E-state index contributed by atoms with van der Waals surface area (Å²) < 4.78 is 15.3. The van der Waals surface area contributed by atoms with Gasteiger partial charge in [0.25, 0.3) is 0 Å². The molecule has 1 aromatic rings. The van der Waals surface area contributed by atoms with Crippen molar-refractivity contribution in [2.24, 2.45) is 5.92 Å². The maximum absolute atomic E-state index is 11.6. The summed E-state index contributed by atoms with van der Waals surface area (Å²) >= 11 is 0. The second-order valence-electron chi connectivity index (χ2n) is 3.71. The lowest BCUT2D eigenvalue weighted by Crippen LogP contribution is -2.19. The predicted octanol–water partition coefficient (Wildman–Crippen LogP) is 2.09. The van der Waals surface area contributed by atoms with E-state index in [4.69, 9.17) is 13.9 Å². The van der Waals surface area contributed by atoms with Crippen LogP contribution in [0.1, 0.15) is 18.1 Å². The van der Waals surface area contributed by atoms with E-state index in [-0.39, 0.29) is 17.8 Å². The van der Waals surface area contributed by atoms with Crippen LogP contribution in [0.3, 0.4) is 0 Å². The number of methoxy groups -OCH3 is 2. The average molecular weight is 222 g/mol. The zero-order valence-electron chi connectivity index (χ0n) is 9.30. The highest BCUT2D eigenvalue weighted by molar-refractivity contribution is 5.75. The highest BCUT2D eigenvalue weighted by Crippen LogP contribution is 2.39. The molecule has 0 aromatic carbocycles. The zero-order chi connectivity index (χ0) is 11.5. The zero-order valence-corrected chi connectivity index (χ0v) is 9.30. The van der Waals surface area contributed by atoms with Gasteiger partial charge in [-0.1, -0.05) is 0 Å². The predicted molar refractivity (Wildman–Crippen MR) is 56.7 cm³/mol. The maximum atomic E-state index is 11.6. The summed E-state index contributed by atoms with van der Waals surface area (Å²) in [4.78, 5) is 11.6. The van der Waals surface area contributed by atoms with Crippen LogP contribution in [-0.4, -0.2) is 20.2 Å². The van der Waals surface area contributed by atoms with E-state index < -0.39 is 0 Å². The molecule has 1 heterocycles. The molecule has 0 fully saturated rings. The van der Waals surface area contributed by atoms with Crippen LogP contribution < -0.4 is 0 Å². The Labute approximate surface area is 93.8 Å². The Bertz CT molecular complexity index is 391. The van der Waals surface area contributed by atoms with E-state index in [9.17, 15) is 4.79 Å². The lowest BCUT2D eigenvalue weighted by molar-refractivity contribution is -0.145. The van der Waals surface area contributed by atoms with E-state index in [1.807, 2.05) is 18.2 Å². The van der Waals surface area contributed by atoms with Gasteiger partial charge in [0.05, 0.1) is 38.1 Å². The fourth-order valence-corrected chi connectivity index (χ4v) is 2.02. The Kier molecular flexibility index (Phi) is 2.99. The van der Waals surface area contributed by atoms with E-state index >= 15 is 0 Å². The van der Waals surface area contributed by atoms with Crippen LogP contribution in [0.5, 0.6) is 0 Å². The molecule has 4 nitrogen and oxygen atoms in total. The molecule has 0 radical (unpaired) electrons. The average Bonchev–Trinajstić information content (AvgIpc) is 2.95. The molecule has 0 N–H and O–H groups in total. The highest BCUT2D eigenvalue weighted by Gasteiger charge is 2.37. The molecule has 0 aliphatic heterocycles. The Morgan fingerprint density at radius 3 is 2.88 bits per heavy atom. The molecule has 0 unspecified atom stereocenters. The van der Waals surface area contributed by atoms with Crippen LogP contribution in [0.4, 0.5) is 0 Å². The third-order valence-electron chi connectivity index (χ3n) is 2.86. The normalized spacial score (nSPS) is 24.0. The van der Waals surface area contributed by atoms with Gasteiger partial charge in [0, 0.05) is 6.42 Å². The minimum atomic E-state index is -0.244. The van der Waals surface area contributed by atoms with Crippen molar-refractivity contribution in [1.29, 1.82) is 0 Å². The van der Waals surface area contributed by atoms with Gasteiger partial charge in [0.15, 0.2) is 0 Å². The number of rotatable bonds is 3. The van der Waals surface area contributed by atoms with Gasteiger partial charge in [-0.05, 0) is 18.2 Å². The van der Waals surface area contributed by atoms with Crippen molar-refractivity contribution in [3.05, 3.63) is 36.0 Å². The van der Waals surface area contributed by atoms with Crippen LogP contribution in [0.25, 0.3) is 0 Å². The summed E-state index contributed by atoms with van der Waals surface area (Å²) in [5.74, 6) is 1.01. The SMILES string of the molecule is COC(=O)[C@H]1CC(OC)=C[C@H]1c1ccco1. The first-order valence-electron chi connectivity index (χ1n) is 5.12. The van der Waals surface area contributed by atoms with Crippen molar-refractivity contribution in [2.75, 3.05) is 14.2 Å². The first-order chi connectivity index (χ1) is 7.76. The van der Waals surface area contributed by atoms with Crippen LogP contribution in [0.15, 0.2) is 34.6 Å². The number of furan rings is 1. The lowest BCUT2D eigenvalue weighted by Gasteiger charge is -2.14. The van der Waals surface area contributed by atoms with E-state index in [0.29, 0.717) is 6.42 Å². The van der Waals surface area contributed by atoms with E-state index in [1.165, 1.54) is 7.11 Å². The third kappa shape index (κ3) is 1.83. The van der Waals surface area contributed by atoms with Gasteiger partial charge in [0.1, 0.15) is 5.76 Å². The fraction of sp³-hybridized carbons (Fsp3) is 0.417. The minimum absolute atomic E-state index is 0.0857. The van der Waals surface area contributed by atoms with E-state index in [0.717, 1.165) is 11.5 Å². The van der Waals surface area contributed by atoms with Crippen molar-refractivity contribution in [1.82, 2.24) is 0 Å². The Morgan fingerprint density at radius 1 is 1.50 bits per heavy atom. The number of hydrogen-bond acceptors (Lipinski definition) is 4. The van der Waals surface area contributed by atoms with Gasteiger partial charge in [-0.15, -0.1) is 0 Å². The van der Waals surface area contributed by atoms with Gasteiger partial charge < -0.3 is 13.9 Å². The molecule has 1 aliphatic carbocycles. The lowest BCUT2D eigenvalue weighted by atomic mass is 9.93. The smallest absolute Gasteiger partial charge is 0.310 e. The summed E-state index contributed by atoms with van der Waals surface area (Å²) in [5.41, 5.74) is 0. The van der Waals surface area contributed by atoms with Crippen molar-refractivity contribution < 1.29 is 18.7 Å². The second kappa shape index (κ2) is 4.43. The molecular weight excluding hydrogens is 208 g/mol. The quantitative estimate of drug-likeness (QED) is 0.735. The number of hydrogen-bond donors (Lipinski definition) is 0. The van der Waals surface area contributed by atoms with Gasteiger partial charge >= 0.3 is 5.97 Å². The van der Waals surface area contributed by atoms with Gasteiger partial charge in [0.2, 0.25) is 0 Å². The number of ether oxygens (including phenoxy) is 2. The molecule has 2 atom stereocenters. The molecule has 1 aliphatic rings. The summed E-state index contributed by atoms with van der Waals surface area (Å²) in [6.45, 7) is 0. The first-order valence-corrected chi connectivity index (χ1v) is 5.12. The standard InChI is InChI=1S/C12H14O4/c1-14-8-6-9(11-4-3-5-16-11)10(7-8)12(13)15-2/h3-6,9-10H,7H2,1-2H3/t9-,10+/m1/s1. The van der Waals surface area contributed by atoms with Crippen LogP contribution in [0, 0.1) is 5.92 Å². The van der Waals surface area contributed by atoms with Crippen molar-refractivity contribution in [2.45, 2.75) is 12.3 Å². The minimum Gasteiger partial charge on any atom is -0.501 e. The number of esters is 1. The number of carbonyl (C=O) groups is 1. The van der Waals surface area contributed by atoms with E-state index in [1.54, 1.807) is 13.4 Å². The molecule has 0 amide bonds. The summed E-state index contributed by atoms with van der Waals surface area (Å²) in [6, 6.07) is 3.66. The van der Waals surface area contributed by atoms with Gasteiger partial charge in [-0.25, -0.2) is 0 Å². The number of carbonyl (C=O) groups excluding carboxylic acids is 1. The fourth-order valence-electron chi connectivity index (χ4n) is 2.02. The molecule has 1 aromatic heterocycles. The molecule has 2 rings (SSSR count).